The predicted molar refractivity (Wildman–Crippen MR) is 105 cm³/mol. The van der Waals surface area contributed by atoms with Crippen LogP contribution < -0.4 is 10.2 Å². The number of amides is 1. The Morgan fingerprint density at radius 1 is 1.32 bits per heavy atom. The molecule has 0 aliphatic carbocycles. The van der Waals surface area contributed by atoms with Crippen LogP contribution in [0, 0.1) is 0 Å². The van der Waals surface area contributed by atoms with Crippen LogP contribution >= 0.6 is 23.4 Å². The molecule has 0 unspecified atom stereocenters. The van der Waals surface area contributed by atoms with Gasteiger partial charge in [-0.25, -0.2) is 5.43 Å². The molecule has 2 aromatic carbocycles. The summed E-state index contributed by atoms with van der Waals surface area (Å²) in [6.07, 6.45) is 4.72. The molecule has 0 aromatic heterocycles. The van der Waals surface area contributed by atoms with E-state index in [0.29, 0.717) is 11.6 Å². The van der Waals surface area contributed by atoms with Crippen LogP contribution in [-0.2, 0) is 11.2 Å². The first-order chi connectivity index (χ1) is 12.1. The Morgan fingerprint density at radius 3 is 2.88 bits per heavy atom. The summed E-state index contributed by atoms with van der Waals surface area (Å²) in [6, 6.07) is 13.1. The van der Waals surface area contributed by atoms with Gasteiger partial charge in [-0.15, -0.1) is 11.8 Å². The molecule has 25 heavy (non-hydrogen) atoms. The summed E-state index contributed by atoms with van der Waals surface area (Å²) in [5, 5.41) is 4.66. The second-order valence-corrected chi connectivity index (χ2v) is 6.60. The lowest BCUT2D eigenvalue weighted by molar-refractivity contribution is -0.120. The summed E-state index contributed by atoms with van der Waals surface area (Å²) in [5.41, 5.74) is 4.27. The van der Waals surface area contributed by atoms with Crippen molar-refractivity contribution in [3.05, 3.63) is 58.6 Å². The zero-order chi connectivity index (χ0) is 18.1. The summed E-state index contributed by atoms with van der Waals surface area (Å²) in [5.74, 6) is 0.558. The molecule has 0 saturated carbocycles. The molecule has 1 N–H and O–H groups in total. The van der Waals surface area contributed by atoms with Crippen LogP contribution in [0.2, 0.25) is 5.02 Å². The number of hydrogen-bond acceptors (Lipinski definition) is 4. The highest BCUT2D eigenvalue weighted by Gasteiger charge is 2.08. The van der Waals surface area contributed by atoms with Gasteiger partial charge in [-0.05, 0) is 48.6 Å². The van der Waals surface area contributed by atoms with Crippen molar-refractivity contribution in [2.45, 2.75) is 24.7 Å². The van der Waals surface area contributed by atoms with Gasteiger partial charge < -0.3 is 4.74 Å². The molecule has 0 fully saturated rings. The number of thioether (sulfide) groups is 1. The first-order valence-corrected chi connectivity index (χ1v) is 9.60. The Bertz CT molecular complexity index is 750. The van der Waals surface area contributed by atoms with E-state index in [-0.39, 0.29) is 12.3 Å². The van der Waals surface area contributed by atoms with Crippen molar-refractivity contribution in [1.82, 2.24) is 5.43 Å². The first-order valence-electron chi connectivity index (χ1n) is 8.00. The summed E-state index contributed by atoms with van der Waals surface area (Å²) >= 11 is 7.60. The van der Waals surface area contributed by atoms with Gasteiger partial charge in [-0.2, -0.15) is 5.10 Å². The first kappa shape index (κ1) is 19.3. The number of para-hydroxylation sites is 1. The van der Waals surface area contributed by atoms with Crippen LogP contribution in [0.15, 0.2) is 52.5 Å². The topological polar surface area (TPSA) is 50.7 Å². The van der Waals surface area contributed by atoms with E-state index in [1.54, 1.807) is 18.0 Å². The maximum Gasteiger partial charge on any atom is 0.244 e. The van der Waals surface area contributed by atoms with Crippen LogP contribution in [0.3, 0.4) is 0 Å². The zero-order valence-corrected chi connectivity index (χ0v) is 15.9. The fraction of sp³-hybridized carbons (Fsp3) is 0.263. The Morgan fingerprint density at radius 2 is 2.12 bits per heavy atom. The highest BCUT2D eigenvalue weighted by Crippen LogP contribution is 2.24. The van der Waals surface area contributed by atoms with Crippen molar-refractivity contribution >= 4 is 35.5 Å². The maximum absolute atomic E-state index is 12.1. The molecule has 0 heterocycles. The van der Waals surface area contributed by atoms with Gasteiger partial charge in [0.1, 0.15) is 5.75 Å². The van der Waals surface area contributed by atoms with E-state index >= 15 is 0 Å². The number of ether oxygens (including phenoxy) is 1. The number of rotatable bonds is 8. The minimum absolute atomic E-state index is 0.194. The van der Waals surface area contributed by atoms with Crippen LogP contribution in [-0.4, -0.2) is 25.0 Å². The normalized spacial score (nSPS) is 10.8. The molecule has 0 spiro atoms. The average molecular weight is 377 g/mol. The fourth-order valence-electron chi connectivity index (χ4n) is 2.20. The van der Waals surface area contributed by atoms with Crippen molar-refractivity contribution in [3.63, 3.8) is 0 Å². The van der Waals surface area contributed by atoms with E-state index in [0.717, 1.165) is 28.2 Å². The highest BCUT2D eigenvalue weighted by atomic mass is 35.5. The monoisotopic (exact) mass is 376 g/mol. The largest absolute Gasteiger partial charge is 0.493 e. The molecular weight excluding hydrogens is 356 g/mol. The molecular formula is C19H21ClN2O2S. The van der Waals surface area contributed by atoms with Crippen molar-refractivity contribution in [2.75, 3.05) is 12.9 Å². The molecule has 0 bridgehead atoms. The summed E-state index contributed by atoms with van der Waals surface area (Å²) in [4.78, 5) is 13.2. The number of carbonyl (C=O) groups is 1. The van der Waals surface area contributed by atoms with E-state index in [2.05, 4.69) is 17.5 Å². The van der Waals surface area contributed by atoms with Crippen molar-refractivity contribution in [3.8, 4) is 5.75 Å². The van der Waals surface area contributed by atoms with Gasteiger partial charge in [0, 0.05) is 15.5 Å². The highest BCUT2D eigenvalue weighted by molar-refractivity contribution is 7.98. The Kier molecular flexibility index (Phi) is 7.82. The maximum atomic E-state index is 12.1. The van der Waals surface area contributed by atoms with E-state index in [1.165, 1.54) is 0 Å². The third-order valence-corrected chi connectivity index (χ3v) is 4.44. The van der Waals surface area contributed by atoms with Crippen molar-refractivity contribution < 1.29 is 9.53 Å². The Balaban J connectivity index is 1.98. The lowest BCUT2D eigenvalue weighted by atomic mass is 10.1. The van der Waals surface area contributed by atoms with E-state index in [1.807, 2.05) is 48.7 Å². The van der Waals surface area contributed by atoms with Crippen molar-refractivity contribution in [2.24, 2.45) is 5.10 Å². The van der Waals surface area contributed by atoms with Gasteiger partial charge in [0.25, 0.3) is 0 Å². The number of hydrogen-bond donors (Lipinski definition) is 1. The van der Waals surface area contributed by atoms with Gasteiger partial charge in [0.15, 0.2) is 0 Å². The molecule has 2 rings (SSSR count). The molecule has 0 saturated heterocycles. The lowest BCUT2D eigenvalue weighted by Gasteiger charge is -2.08. The zero-order valence-electron chi connectivity index (χ0n) is 14.3. The third-order valence-electron chi connectivity index (χ3n) is 3.37. The van der Waals surface area contributed by atoms with Crippen LogP contribution in [0.4, 0.5) is 0 Å². The minimum Gasteiger partial charge on any atom is -0.493 e. The average Bonchev–Trinajstić information content (AvgIpc) is 2.61. The van der Waals surface area contributed by atoms with Gasteiger partial charge in [0.05, 0.1) is 19.2 Å². The fourth-order valence-corrected chi connectivity index (χ4v) is 2.99. The second-order valence-electron chi connectivity index (χ2n) is 5.31. The van der Waals surface area contributed by atoms with Crippen LogP contribution in [0.25, 0.3) is 0 Å². The molecule has 0 radical (unpaired) electrons. The number of nitrogens with one attached hydrogen (secondary N) is 1. The number of benzene rings is 2. The predicted octanol–water partition coefficient (Wildman–Crippen LogP) is 4.54. The molecule has 132 valence electrons. The minimum atomic E-state index is -0.194. The van der Waals surface area contributed by atoms with Crippen LogP contribution in [0.1, 0.15) is 24.5 Å². The van der Waals surface area contributed by atoms with Gasteiger partial charge in [0.2, 0.25) is 5.91 Å². The van der Waals surface area contributed by atoms with Gasteiger partial charge in [-0.3, -0.25) is 4.79 Å². The van der Waals surface area contributed by atoms with Crippen LogP contribution in [0.5, 0.6) is 5.75 Å². The molecule has 2 aromatic rings. The number of nitrogens with zero attached hydrogens (tertiary/aromatic N) is 1. The molecule has 0 aliphatic rings. The molecule has 6 heteroatoms. The van der Waals surface area contributed by atoms with E-state index in [4.69, 9.17) is 16.3 Å². The molecule has 1 amide bonds. The second kappa shape index (κ2) is 10.1. The summed E-state index contributed by atoms with van der Waals surface area (Å²) in [7, 11) is 0. The number of halogens is 1. The summed E-state index contributed by atoms with van der Waals surface area (Å²) < 4.78 is 5.66. The van der Waals surface area contributed by atoms with Gasteiger partial charge in [-0.1, -0.05) is 30.7 Å². The number of hydrazone groups is 1. The quantitative estimate of drug-likeness (QED) is 0.418. The molecule has 0 aliphatic heterocycles. The summed E-state index contributed by atoms with van der Waals surface area (Å²) in [6.45, 7) is 2.69. The standard InChI is InChI=1S/C19H21ClN2O2S/c1-3-10-24-17-7-5-4-6-14(17)13-21-22-19(23)12-15-11-16(20)8-9-18(15)25-2/h4-9,11,13H,3,10,12H2,1-2H3,(H,22,23)/b21-13-. The molecule has 4 nitrogen and oxygen atoms in total. The third kappa shape index (κ3) is 6.11. The van der Waals surface area contributed by atoms with Crippen molar-refractivity contribution in [1.29, 1.82) is 0 Å². The molecule has 0 atom stereocenters. The lowest BCUT2D eigenvalue weighted by Crippen LogP contribution is -2.20. The smallest absolute Gasteiger partial charge is 0.244 e. The van der Waals surface area contributed by atoms with E-state index in [9.17, 15) is 4.79 Å². The SMILES string of the molecule is CCCOc1ccccc1/C=N\NC(=O)Cc1cc(Cl)ccc1SC. The Hall–Kier alpha value is -1.98. The Labute approximate surface area is 157 Å². The van der Waals surface area contributed by atoms with E-state index < -0.39 is 0 Å². The van der Waals surface area contributed by atoms with Gasteiger partial charge >= 0.3 is 0 Å². The number of carbonyl (C=O) groups excluding carboxylic acids is 1.